The third-order valence-electron chi connectivity index (χ3n) is 4.17. The number of carbonyl (C=O) groups is 1. The molecule has 1 amide bonds. The Balaban J connectivity index is 1.97. The Hall–Kier alpha value is -0.930. The molecule has 0 spiro atoms. The Kier molecular flexibility index (Phi) is 5.77. The van der Waals surface area contributed by atoms with Crippen molar-refractivity contribution in [2.75, 3.05) is 5.73 Å². The highest BCUT2D eigenvalue weighted by molar-refractivity contribution is 6.44. The molecule has 0 heterocycles. The van der Waals surface area contributed by atoms with Gasteiger partial charge in [-0.1, -0.05) is 43.0 Å². The molecule has 2 rings (SSSR count). The number of amides is 1. The van der Waals surface area contributed by atoms with E-state index in [1.54, 1.807) is 12.1 Å². The molecular formula is C16H22Cl2N2O. The number of hydrogen-bond acceptors (Lipinski definition) is 2. The minimum absolute atomic E-state index is 0.187. The summed E-state index contributed by atoms with van der Waals surface area (Å²) in [6.07, 6.45) is 6.96. The average Bonchev–Trinajstić information content (AvgIpc) is 2.45. The topological polar surface area (TPSA) is 55.1 Å². The van der Waals surface area contributed by atoms with Gasteiger partial charge in [-0.3, -0.25) is 4.79 Å². The van der Waals surface area contributed by atoms with Crippen LogP contribution in [0.25, 0.3) is 0 Å². The fourth-order valence-electron chi connectivity index (χ4n) is 3.04. The first-order chi connectivity index (χ1) is 10.0. The van der Waals surface area contributed by atoms with Crippen LogP contribution in [-0.4, -0.2) is 11.9 Å². The quantitative estimate of drug-likeness (QED) is 0.789. The van der Waals surface area contributed by atoms with E-state index in [0.29, 0.717) is 16.3 Å². The van der Waals surface area contributed by atoms with Crippen molar-refractivity contribution in [3.63, 3.8) is 0 Å². The molecule has 1 saturated carbocycles. The van der Waals surface area contributed by atoms with E-state index in [1.165, 1.54) is 25.7 Å². The highest BCUT2D eigenvalue weighted by atomic mass is 35.5. The molecule has 1 aliphatic carbocycles. The molecule has 0 aliphatic heterocycles. The zero-order chi connectivity index (χ0) is 15.4. The van der Waals surface area contributed by atoms with Crippen molar-refractivity contribution < 1.29 is 4.79 Å². The third-order valence-corrected chi connectivity index (χ3v) is 4.98. The molecule has 0 unspecified atom stereocenters. The lowest BCUT2D eigenvalue weighted by molar-refractivity contribution is 0.0921. The number of nitrogens with one attached hydrogen (secondary N) is 1. The Morgan fingerprint density at radius 3 is 2.57 bits per heavy atom. The van der Waals surface area contributed by atoms with Gasteiger partial charge < -0.3 is 11.1 Å². The second-order valence-electron chi connectivity index (χ2n) is 5.84. The second-order valence-corrected chi connectivity index (χ2v) is 6.63. The number of anilines is 1. The number of carbonyl (C=O) groups excluding carboxylic acids is 1. The van der Waals surface area contributed by atoms with E-state index in [0.717, 1.165) is 18.8 Å². The van der Waals surface area contributed by atoms with Crippen molar-refractivity contribution in [1.82, 2.24) is 5.32 Å². The molecule has 1 aromatic rings. The summed E-state index contributed by atoms with van der Waals surface area (Å²) in [5.41, 5.74) is 6.53. The molecule has 1 aromatic carbocycles. The number of nitrogen functional groups attached to an aromatic ring is 1. The molecule has 0 radical (unpaired) electrons. The number of rotatable bonds is 4. The van der Waals surface area contributed by atoms with E-state index in [1.807, 2.05) is 0 Å². The van der Waals surface area contributed by atoms with Crippen LogP contribution in [0.2, 0.25) is 10.0 Å². The predicted octanol–water partition coefficient (Wildman–Crippen LogP) is 4.66. The molecule has 0 saturated heterocycles. The van der Waals surface area contributed by atoms with Gasteiger partial charge in [0.15, 0.2) is 0 Å². The first kappa shape index (κ1) is 16.4. The average molecular weight is 329 g/mol. The molecule has 0 bridgehead atoms. The van der Waals surface area contributed by atoms with E-state index in [-0.39, 0.29) is 17.0 Å². The summed E-state index contributed by atoms with van der Waals surface area (Å²) in [6, 6.07) is 3.35. The van der Waals surface area contributed by atoms with Gasteiger partial charge >= 0.3 is 0 Å². The first-order valence-electron chi connectivity index (χ1n) is 7.56. The van der Waals surface area contributed by atoms with Crippen LogP contribution in [0.1, 0.15) is 55.8 Å². The van der Waals surface area contributed by atoms with Gasteiger partial charge in [-0.05, 0) is 43.7 Å². The lowest BCUT2D eigenvalue weighted by Crippen LogP contribution is -2.37. The van der Waals surface area contributed by atoms with E-state index < -0.39 is 0 Å². The fourth-order valence-corrected chi connectivity index (χ4v) is 3.46. The molecule has 3 nitrogen and oxygen atoms in total. The highest BCUT2D eigenvalue weighted by Gasteiger charge is 2.23. The number of benzene rings is 1. The van der Waals surface area contributed by atoms with Gasteiger partial charge in [0.25, 0.3) is 5.91 Å². The zero-order valence-corrected chi connectivity index (χ0v) is 13.8. The third kappa shape index (κ3) is 4.27. The zero-order valence-electron chi connectivity index (χ0n) is 12.3. The van der Waals surface area contributed by atoms with Crippen molar-refractivity contribution in [2.45, 2.75) is 51.5 Å². The maximum Gasteiger partial charge on any atom is 0.253 e. The van der Waals surface area contributed by atoms with Crippen LogP contribution in [0.15, 0.2) is 12.1 Å². The summed E-state index contributed by atoms with van der Waals surface area (Å²) in [6.45, 7) is 2.22. The van der Waals surface area contributed by atoms with Gasteiger partial charge in [-0.25, -0.2) is 0 Å². The second kappa shape index (κ2) is 7.37. The van der Waals surface area contributed by atoms with Crippen LogP contribution < -0.4 is 11.1 Å². The Bertz CT molecular complexity index is 511. The molecule has 1 fully saturated rings. The maximum absolute atomic E-state index is 12.3. The van der Waals surface area contributed by atoms with Crippen LogP contribution >= 0.6 is 23.2 Å². The molecule has 1 aliphatic rings. The number of hydrogen-bond donors (Lipinski definition) is 2. The van der Waals surface area contributed by atoms with E-state index in [4.69, 9.17) is 28.9 Å². The van der Waals surface area contributed by atoms with Gasteiger partial charge in [0.05, 0.1) is 15.6 Å². The van der Waals surface area contributed by atoms with E-state index in [2.05, 4.69) is 12.2 Å². The first-order valence-corrected chi connectivity index (χ1v) is 8.32. The normalized spacial score (nSPS) is 22.0. The standard InChI is InChI=1S/C16H22Cl2N2O/c1-2-3-10-4-6-12(7-5-10)20-16(21)13-8-11(19)9-14(17)15(13)18/h8-10,12H,2-7,19H2,1H3,(H,20,21). The molecule has 0 aromatic heterocycles. The Morgan fingerprint density at radius 1 is 1.29 bits per heavy atom. The van der Waals surface area contributed by atoms with E-state index >= 15 is 0 Å². The van der Waals surface area contributed by atoms with Crippen molar-refractivity contribution in [2.24, 2.45) is 5.92 Å². The van der Waals surface area contributed by atoms with Crippen molar-refractivity contribution >= 4 is 34.8 Å². The van der Waals surface area contributed by atoms with Crippen LogP contribution in [0.4, 0.5) is 5.69 Å². The Morgan fingerprint density at radius 2 is 1.95 bits per heavy atom. The van der Waals surface area contributed by atoms with Crippen molar-refractivity contribution in [3.8, 4) is 0 Å². The molecule has 3 N–H and O–H groups in total. The summed E-state index contributed by atoms with van der Waals surface area (Å²) in [5.74, 6) is 0.627. The fraction of sp³-hybridized carbons (Fsp3) is 0.562. The summed E-state index contributed by atoms with van der Waals surface area (Å²) >= 11 is 12.1. The lowest BCUT2D eigenvalue weighted by Gasteiger charge is -2.29. The molecule has 0 atom stereocenters. The molecule has 5 heteroatoms. The summed E-state index contributed by atoms with van der Waals surface area (Å²) in [4.78, 5) is 12.3. The van der Waals surface area contributed by atoms with Gasteiger partial charge in [0.1, 0.15) is 0 Å². The van der Waals surface area contributed by atoms with Crippen LogP contribution in [-0.2, 0) is 0 Å². The Labute approximate surface area is 136 Å². The largest absolute Gasteiger partial charge is 0.399 e. The van der Waals surface area contributed by atoms with Gasteiger partial charge in [0, 0.05) is 11.7 Å². The van der Waals surface area contributed by atoms with Gasteiger partial charge in [-0.15, -0.1) is 0 Å². The minimum atomic E-state index is -0.187. The summed E-state index contributed by atoms with van der Waals surface area (Å²) in [5, 5.41) is 3.64. The van der Waals surface area contributed by atoms with Crippen LogP contribution in [0, 0.1) is 5.92 Å². The van der Waals surface area contributed by atoms with Crippen molar-refractivity contribution in [1.29, 1.82) is 0 Å². The predicted molar refractivity (Wildman–Crippen MR) is 89.0 cm³/mol. The van der Waals surface area contributed by atoms with Gasteiger partial charge in [0.2, 0.25) is 0 Å². The SMILES string of the molecule is CCCC1CCC(NC(=O)c2cc(N)cc(Cl)c2Cl)CC1. The molecular weight excluding hydrogens is 307 g/mol. The smallest absolute Gasteiger partial charge is 0.253 e. The lowest BCUT2D eigenvalue weighted by atomic mass is 9.83. The van der Waals surface area contributed by atoms with Crippen LogP contribution in [0.5, 0.6) is 0 Å². The number of nitrogens with two attached hydrogens (primary N) is 1. The van der Waals surface area contributed by atoms with Crippen LogP contribution in [0.3, 0.4) is 0 Å². The summed E-state index contributed by atoms with van der Waals surface area (Å²) in [7, 11) is 0. The monoisotopic (exact) mass is 328 g/mol. The molecule has 21 heavy (non-hydrogen) atoms. The van der Waals surface area contributed by atoms with E-state index in [9.17, 15) is 4.79 Å². The molecule has 116 valence electrons. The van der Waals surface area contributed by atoms with Crippen molar-refractivity contribution in [3.05, 3.63) is 27.7 Å². The maximum atomic E-state index is 12.3. The minimum Gasteiger partial charge on any atom is -0.399 e. The highest BCUT2D eigenvalue weighted by Crippen LogP contribution is 2.30. The summed E-state index contributed by atoms with van der Waals surface area (Å²) < 4.78 is 0. The van der Waals surface area contributed by atoms with Gasteiger partial charge in [-0.2, -0.15) is 0 Å². The number of halogens is 2.